The van der Waals surface area contributed by atoms with Crippen LogP contribution in [0, 0.1) is 0 Å². The van der Waals surface area contributed by atoms with Gasteiger partial charge < -0.3 is 15.7 Å². The Kier molecular flexibility index (Phi) is 3.06. The summed E-state index contributed by atoms with van der Waals surface area (Å²) in [4.78, 5) is 35.1. The van der Waals surface area contributed by atoms with Crippen LogP contribution in [-0.2, 0) is 9.59 Å². The molecule has 1 aromatic rings. The number of fused-ring (bicyclic) bond motifs is 1. The summed E-state index contributed by atoms with van der Waals surface area (Å²) in [6.07, 6.45) is 0. The molecule has 1 heterocycles. The monoisotopic (exact) mass is 268 g/mol. The number of carbonyl (C=O) groups is 3. The Morgan fingerprint density at radius 2 is 2.11 bits per heavy atom. The maximum atomic E-state index is 11.7. The van der Waals surface area contributed by atoms with Crippen LogP contribution in [0.5, 0.6) is 0 Å². The first-order valence-corrected chi connectivity index (χ1v) is 5.43. The number of benzene rings is 1. The molecule has 1 unspecified atom stereocenters. The highest BCUT2D eigenvalue weighted by atomic mass is 35.5. The Hall–Kier alpha value is -1.92. The molecule has 3 N–H and O–H groups in total. The molecule has 7 heteroatoms. The average Bonchev–Trinajstić information content (AvgIpc) is 2.54. The number of aliphatic carboxylic acids is 1. The number of nitrogens with zero attached hydrogens (tertiary/aromatic N) is 1. The molecule has 0 aromatic heterocycles. The Labute approximate surface area is 107 Å². The molecule has 0 spiro atoms. The van der Waals surface area contributed by atoms with Crippen molar-refractivity contribution in [3.05, 3.63) is 28.8 Å². The van der Waals surface area contributed by atoms with Crippen molar-refractivity contribution >= 4 is 34.9 Å². The van der Waals surface area contributed by atoms with Gasteiger partial charge in [-0.3, -0.25) is 14.4 Å². The highest BCUT2D eigenvalue weighted by Gasteiger charge is 2.37. The number of Topliss-reactive ketones (excluding diaryl/α,β-unsaturated/α-hetero) is 1. The summed E-state index contributed by atoms with van der Waals surface area (Å²) in [5.41, 5.74) is 5.87. The first kappa shape index (κ1) is 12.5. The minimum Gasteiger partial charge on any atom is -0.480 e. The maximum absolute atomic E-state index is 11.7. The van der Waals surface area contributed by atoms with E-state index in [0.29, 0.717) is 10.7 Å². The molecule has 1 aliphatic rings. The van der Waals surface area contributed by atoms with Crippen molar-refractivity contribution in [1.82, 2.24) is 0 Å². The van der Waals surface area contributed by atoms with E-state index in [9.17, 15) is 14.4 Å². The van der Waals surface area contributed by atoms with Crippen LogP contribution in [0.25, 0.3) is 0 Å². The Balaban J connectivity index is 2.37. The van der Waals surface area contributed by atoms with Gasteiger partial charge in [-0.05, 0) is 18.2 Å². The lowest BCUT2D eigenvalue weighted by molar-refractivity contribution is -0.138. The predicted molar refractivity (Wildman–Crippen MR) is 63.7 cm³/mol. The van der Waals surface area contributed by atoms with Crippen molar-refractivity contribution in [2.75, 3.05) is 11.4 Å². The van der Waals surface area contributed by atoms with Crippen LogP contribution < -0.4 is 10.6 Å². The lowest BCUT2D eigenvalue weighted by atomic mass is 10.1. The van der Waals surface area contributed by atoms with Gasteiger partial charge in [-0.15, -0.1) is 0 Å². The lowest BCUT2D eigenvalue weighted by Crippen LogP contribution is -2.44. The van der Waals surface area contributed by atoms with Crippen LogP contribution in [0.15, 0.2) is 18.2 Å². The highest BCUT2D eigenvalue weighted by Crippen LogP contribution is 2.31. The molecule has 94 valence electrons. The molecule has 1 amide bonds. The number of ketones is 1. The van der Waals surface area contributed by atoms with E-state index in [1.807, 2.05) is 0 Å². The van der Waals surface area contributed by atoms with Crippen LogP contribution in [0.1, 0.15) is 10.4 Å². The van der Waals surface area contributed by atoms with Gasteiger partial charge in [-0.1, -0.05) is 11.6 Å². The zero-order valence-corrected chi connectivity index (χ0v) is 9.85. The largest absolute Gasteiger partial charge is 0.480 e. The first-order chi connectivity index (χ1) is 8.41. The van der Waals surface area contributed by atoms with Gasteiger partial charge in [0.1, 0.15) is 6.04 Å². The van der Waals surface area contributed by atoms with Crippen LogP contribution in [0.4, 0.5) is 5.69 Å². The highest BCUT2D eigenvalue weighted by molar-refractivity contribution is 6.52. The normalized spacial score (nSPS) is 15.8. The van der Waals surface area contributed by atoms with E-state index in [4.69, 9.17) is 22.4 Å². The number of carboxylic acids is 1. The van der Waals surface area contributed by atoms with Gasteiger partial charge in [0.25, 0.3) is 11.7 Å². The molecule has 1 aromatic carbocycles. The van der Waals surface area contributed by atoms with Crippen LogP contribution in [0.3, 0.4) is 0 Å². The minimum absolute atomic E-state index is 0.171. The van der Waals surface area contributed by atoms with Gasteiger partial charge in [0, 0.05) is 5.02 Å². The summed E-state index contributed by atoms with van der Waals surface area (Å²) >= 11 is 5.74. The number of hydrogen-bond acceptors (Lipinski definition) is 4. The van der Waals surface area contributed by atoms with Gasteiger partial charge in [-0.2, -0.15) is 0 Å². The Bertz CT molecular complexity index is 558. The Morgan fingerprint density at radius 1 is 1.44 bits per heavy atom. The van der Waals surface area contributed by atoms with Crippen molar-refractivity contribution in [3.63, 3.8) is 0 Å². The van der Waals surface area contributed by atoms with Crippen molar-refractivity contribution in [2.45, 2.75) is 6.04 Å². The van der Waals surface area contributed by atoms with E-state index in [1.54, 1.807) is 0 Å². The fraction of sp³-hybridized carbons (Fsp3) is 0.182. The summed E-state index contributed by atoms with van der Waals surface area (Å²) in [5, 5.41) is 9.05. The molecule has 1 aliphatic heterocycles. The van der Waals surface area contributed by atoms with Gasteiger partial charge in [0.05, 0.1) is 17.8 Å². The molecule has 1 atom stereocenters. The molecule has 2 rings (SSSR count). The van der Waals surface area contributed by atoms with E-state index in [0.717, 1.165) is 4.90 Å². The molecule has 0 saturated heterocycles. The SMILES string of the molecule is NC(CN1C(=O)C(=O)c2cc(Cl)ccc21)C(=O)O. The molecule has 18 heavy (non-hydrogen) atoms. The van der Waals surface area contributed by atoms with Crippen LogP contribution in [0.2, 0.25) is 5.02 Å². The van der Waals surface area contributed by atoms with Gasteiger partial charge in [-0.25, -0.2) is 0 Å². The molecular formula is C11H9ClN2O4. The summed E-state index contributed by atoms with van der Waals surface area (Å²) in [6, 6.07) is 3.15. The second-order valence-corrected chi connectivity index (χ2v) is 4.29. The number of hydrogen-bond donors (Lipinski definition) is 2. The summed E-state index contributed by atoms with van der Waals surface area (Å²) in [6.45, 7) is -0.255. The van der Waals surface area contributed by atoms with Crippen molar-refractivity contribution < 1.29 is 19.5 Å². The fourth-order valence-electron chi connectivity index (χ4n) is 1.73. The van der Waals surface area contributed by atoms with E-state index in [1.165, 1.54) is 18.2 Å². The zero-order valence-electron chi connectivity index (χ0n) is 9.09. The summed E-state index contributed by atoms with van der Waals surface area (Å²) in [5.74, 6) is -2.73. The molecule has 0 fully saturated rings. The minimum atomic E-state index is -1.25. The molecule has 6 nitrogen and oxygen atoms in total. The number of halogens is 1. The quantitative estimate of drug-likeness (QED) is 0.767. The third kappa shape index (κ3) is 1.96. The van der Waals surface area contributed by atoms with Gasteiger partial charge in [0.15, 0.2) is 0 Å². The number of rotatable bonds is 3. The summed E-state index contributed by atoms with van der Waals surface area (Å²) < 4.78 is 0. The van der Waals surface area contributed by atoms with Crippen LogP contribution >= 0.6 is 11.6 Å². The van der Waals surface area contributed by atoms with E-state index < -0.39 is 23.7 Å². The first-order valence-electron chi connectivity index (χ1n) is 5.06. The number of carboxylic acid groups (broad SMARTS) is 1. The number of amides is 1. The van der Waals surface area contributed by atoms with E-state index >= 15 is 0 Å². The van der Waals surface area contributed by atoms with Crippen molar-refractivity contribution in [1.29, 1.82) is 0 Å². The molecular weight excluding hydrogens is 260 g/mol. The lowest BCUT2D eigenvalue weighted by Gasteiger charge is -2.18. The topological polar surface area (TPSA) is 101 Å². The standard InChI is InChI=1S/C11H9ClN2O4/c12-5-1-2-8-6(3-5)9(15)10(16)14(8)4-7(13)11(17)18/h1-3,7H,4,13H2,(H,17,18). The second-order valence-electron chi connectivity index (χ2n) is 3.85. The third-order valence-corrected chi connectivity index (χ3v) is 2.86. The zero-order chi connectivity index (χ0) is 13.4. The molecule has 0 radical (unpaired) electrons. The molecule has 0 bridgehead atoms. The van der Waals surface area contributed by atoms with Crippen LogP contribution in [-0.4, -0.2) is 35.4 Å². The molecule has 0 aliphatic carbocycles. The fourth-order valence-corrected chi connectivity index (χ4v) is 1.90. The van der Waals surface area contributed by atoms with Crippen molar-refractivity contribution in [3.8, 4) is 0 Å². The van der Waals surface area contributed by atoms with Gasteiger partial charge >= 0.3 is 5.97 Å². The number of anilines is 1. The average molecular weight is 269 g/mol. The second kappa shape index (κ2) is 4.40. The third-order valence-electron chi connectivity index (χ3n) is 2.63. The molecule has 0 saturated carbocycles. The summed E-state index contributed by atoms with van der Waals surface area (Å²) in [7, 11) is 0. The van der Waals surface area contributed by atoms with Gasteiger partial charge in [0.2, 0.25) is 0 Å². The van der Waals surface area contributed by atoms with E-state index in [-0.39, 0.29) is 12.1 Å². The van der Waals surface area contributed by atoms with E-state index in [2.05, 4.69) is 0 Å². The maximum Gasteiger partial charge on any atom is 0.322 e. The van der Waals surface area contributed by atoms with Crippen molar-refractivity contribution in [2.24, 2.45) is 5.73 Å². The Morgan fingerprint density at radius 3 is 2.72 bits per heavy atom. The smallest absolute Gasteiger partial charge is 0.322 e. The predicted octanol–water partition coefficient (Wildman–Crippen LogP) is 0.281. The number of nitrogens with two attached hydrogens (primary N) is 1. The number of carbonyl (C=O) groups excluding carboxylic acids is 2.